The molecule has 1 aliphatic rings. The predicted octanol–water partition coefficient (Wildman–Crippen LogP) is 1.56. The van der Waals surface area contributed by atoms with E-state index in [-0.39, 0.29) is 10.8 Å². The molecule has 0 aliphatic heterocycles. The Morgan fingerprint density at radius 3 is 2.39 bits per heavy atom. The van der Waals surface area contributed by atoms with Crippen molar-refractivity contribution in [2.24, 2.45) is 0 Å². The molecule has 0 spiro atoms. The first-order valence-corrected chi connectivity index (χ1v) is 8.84. The van der Waals surface area contributed by atoms with Gasteiger partial charge in [0.1, 0.15) is 5.54 Å². The fraction of sp³-hybridized carbons (Fsp3) is 0.375. The van der Waals surface area contributed by atoms with Gasteiger partial charge in [0.05, 0.1) is 11.0 Å². The van der Waals surface area contributed by atoms with Crippen LogP contribution in [0.25, 0.3) is 6.08 Å². The summed E-state index contributed by atoms with van der Waals surface area (Å²) in [4.78, 5) is 12.1. The molecule has 2 rings (SSSR count). The van der Waals surface area contributed by atoms with Crippen LogP contribution >= 0.6 is 0 Å². The van der Waals surface area contributed by atoms with E-state index in [1.807, 2.05) is 0 Å². The number of nitrogens with zero attached hydrogens (tertiary/aromatic N) is 1. The highest BCUT2D eigenvalue weighted by molar-refractivity contribution is 7.89. The topological polar surface area (TPSA) is 99.1 Å². The van der Waals surface area contributed by atoms with Gasteiger partial charge in [-0.25, -0.2) is 13.1 Å². The molecule has 7 heteroatoms. The molecule has 0 heterocycles. The van der Waals surface area contributed by atoms with E-state index in [4.69, 9.17) is 0 Å². The number of sulfonamides is 1. The van der Waals surface area contributed by atoms with Gasteiger partial charge in [-0.1, -0.05) is 12.1 Å². The predicted molar refractivity (Wildman–Crippen MR) is 86.7 cm³/mol. The van der Waals surface area contributed by atoms with E-state index in [0.717, 1.165) is 12.8 Å². The molecule has 1 aliphatic carbocycles. The van der Waals surface area contributed by atoms with Crippen LogP contribution in [0.3, 0.4) is 0 Å². The second-order valence-electron chi connectivity index (χ2n) is 5.50. The van der Waals surface area contributed by atoms with Crippen LogP contribution < -0.4 is 10.0 Å². The summed E-state index contributed by atoms with van der Waals surface area (Å²) in [5, 5.41) is 12.0. The molecule has 1 amide bonds. The zero-order valence-corrected chi connectivity index (χ0v) is 13.7. The van der Waals surface area contributed by atoms with Gasteiger partial charge in [-0.15, -0.1) is 0 Å². The summed E-state index contributed by atoms with van der Waals surface area (Å²) < 4.78 is 25.5. The summed E-state index contributed by atoms with van der Waals surface area (Å²) in [5.74, 6) is -0.319. The normalized spacial score (nSPS) is 17.0. The highest BCUT2D eigenvalue weighted by atomic mass is 32.2. The van der Waals surface area contributed by atoms with E-state index in [2.05, 4.69) is 16.1 Å². The zero-order chi connectivity index (χ0) is 16.9. The lowest BCUT2D eigenvalue weighted by molar-refractivity contribution is -0.117. The number of nitriles is 1. The fourth-order valence-corrected chi connectivity index (χ4v) is 3.30. The Morgan fingerprint density at radius 2 is 1.87 bits per heavy atom. The second kappa shape index (κ2) is 6.94. The lowest BCUT2D eigenvalue weighted by Gasteiger charge is -2.20. The average Bonchev–Trinajstić information content (AvgIpc) is 3.02. The molecule has 1 saturated carbocycles. The lowest BCUT2D eigenvalue weighted by atomic mass is 10.00. The number of nitrogens with one attached hydrogen (secondary N) is 2. The Labute approximate surface area is 136 Å². The van der Waals surface area contributed by atoms with Crippen molar-refractivity contribution in [2.75, 3.05) is 7.05 Å². The number of hydrogen-bond acceptors (Lipinski definition) is 4. The number of amides is 1. The summed E-state index contributed by atoms with van der Waals surface area (Å²) in [6.45, 7) is 0. The van der Waals surface area contributed by atoms with E-state index in [9.17, 15) is 18.5 Å². The van der Waals surface area contributed by atoms with Crippen LogP contribution in [0.5, 0.6) is 0 Å². The molecular formula is C16H19N3O3S. The number of hydrogen-bond donors (Lipinski definition) is 2. The molecule has 0 unspecified atom stereocenters. The minimum atomic E-state index is -3.46. The van der Waals surface area contributed by atoms with Crippen LogP contribution in [-0.2, 0) is 14.8 Å². The van der Waals surface area contributed by atoms with Crippen LogP contribution in [0.15, 0.2) is 35.2 Å². The third-order valence-electron chi connectivity index (χ3n) is 3.92. The maximum absolute atomic E-state index is 12.0. The van der Waals surface area contributed by atoms with E-state index in [1.54, 1.807) is 18.2 Å². The molecule has 23 heavy (non-hydrogen) atoms. The van der Waals surface area contributed by atoms with Gasteiger partial charge in [0.25, 0.3) is 0 Å². The van der Waals surface area contributed by atoms with Crippen molar-refractivity contribution in [1.82, 2.24) is 10.0 Å². The summed E-state index contributed by atoms with van der Waals surface area (Å²) >= 11 is 0. The first kappa shape index (κ1) is 17.2. The van der Waals surface area contributed by atoms with Crippen LogP contribution in [0.4, 0.5) is 0 Å². The molecule has 2 N–H and O–H groups in total. The monoisotopic (exact) mass is 333 g/mol. The van der Waals surface area contributed by atoms with Crippen molar-refractivity contribution in [3.05, 3.63) is 35.9 Å². The highest BCUT2D eigenvalue weighted by Gasteiger charge is 2.34. The first-order valence-electron chi connectivity index (χ1n) is 7.36. The molecule has 0 bridgehead atoms. The van der Waals surface area contributed by atoms with Crippen molar-refractivity contribution < 1.29 is 13.2 Å². The Bertz CT molecular complexity index is 740. The molecule has 1 fully saturated rings. The maximum Gasteiger partial charge on any atom is 0.245 e. The molecule has 6 nitrogen and oxygen atoms in total. The average molecular weight is 333 g/mol. The van der Waals surface area contributed by atoms with E-state index >= 15 is 0 Å². The van der Waals surface area contributed by atoms with Gasteiger partial charge in [0.2, 0.25) is 15.9 Å². The number of carbonyl (C=O) groups is 1. The molecule has 0 radical (unpaired) electrons. The highest BCUT2D eigenvalue weighted by Crippen LogP contribution is 2.28. The van der Waals surface area contributed by atoms with Crippen LogP contribution in [-0.4, -0.2) is 26.9 Å². The summed E-state index contributed by atoms with van der Waals surface area (Å²) in [7, 11) is -2.11. The van der Waals surface area contributed by atoms with Crippen molar-refractivity contribution >= 4 is 22.0 Å². The summed E-state index contributed by atoms with van der Waals surface area (Å²) in [6, 6.07) is 8.37. The Morgan fingerprint density at radius 1 is 1.26 bits per heavy atom. The second-order valence-corrected chi connectivity index (χ2v) is 7.39. The maximum atomic E-state index is 12.0. The quantitative estimate of drug-likeness (QED) is 0.799. The SMILES string of the molecule is CNS(=O)(=O)c1ccc(C=CC(=O)NC2(C#N)CCCC2)cc1. The molecule has 1 aromatic rings. The van der Waals surface area contributed by atoms with Crippen molar-refractivity contribution in [2.45, 2.75) is 36.1 Å². The molecule has 0 aromatic heterocycles. The van der Waals surface area contributed by atoms with Crippen LogP contribution in [0, 0.1) is 11.3 Å². The van der Waals surface area contributed by atoms with Gasteiger partial charge < -0.3 is 5.32 Å². The van der Waals surface area contributed by atoms with Gasteiger partial charge in [-0.05, 0) is 56.5 Å². The molecule has 0 atom stereocenters. The van der Waals surface area contributed by atoms with Gasteiger partial charge in [-0.3, -0.25) is 4.79 Å². The smallest absolute Gasteiger partial charge is 0.245 e. The minimum absolute atomic E-state index is 0.163. The molecule has 122 valence electrons. The van der Waals surface area contributed by atoms with E-state index in [0.29, 0.717) is 18.4 Å². The lowest BCUT2D eigenvalue weighted by Crippen LogP contribution is -2.44. The van der Waals surface area contributed by atoms with Gasteiger partial charge in [0, 0.05) is 6.08 Å². The number of rotatable bonds is 5. The minimum Gasteiger partial charge on any atom is -0.334 e. The summed E-state index contributed by atoms with van der Waals surface area (Å²) in [5.41, 5.74) is -0.0424. The molecule has 0 saturated heterocycles. The van der Waals surface area contributed by atoms with Crippen LogP contribution in [0.1, 0.15) is 31.2 Å². The van der Waals surface area contributed by atoms with Gasteiger partial charge >= 0.3 is 0 Å². The van der Waals surface area contributed by atoms with Crippen molar-refractivity contribution in [1.29, 1.82) is 5.26 Å². The van der Waals surface area contributed by atoms with Gasteiger partial charge in [-0.2, -0.15) is 5.26 Å². The van der Waals surface area contributed by atoms with Crippen molar-refractivity contribution in [3.63, 3.8) is 0 Å². The third-order valence-corrected chi connectivity index (χ3v) is 5.35. The summed E-state index contributed by atoms with van der Waals surface area (Å²) in [6.07, 6.45) is 6.20. The third kappa shape index (κ3) is 4.18. The standard InChI is InChI=1S/C16H19N3O3S/c1-18-23(21,22)14-7-4-13(5-8-14)6-9-15(20)19-16(12-17)10-2-3-11-16/h4-9,18H,2-3,10-11H2,1H3,(H,19,20). The van der Waals surface area contributed by atoms with Crippen LogP contribution in [0.2, 0.25) is 0 Å². The van der Waals surface area contributed by atoms with Gasteiger partial charge in [0.15, 0.2) is 0 Å². The Balaban J connectivity index is 2.03. The Kier molecular flexibility index (Phi) is 5.19. The molecular weight excluding hydrogens is 314 g/mol. The fourth-order valence-electron chi connectivity index (χ4n) is 2.57. The van der Waals surface area contributed by atoms with E-state index < -0.39 is 15.6 Å². The number of carbonyl (C=O) groups excluding carboxylic acids is 1. The van der Waals surface area contributed by atoms with Crippen molar-refractivity contribution in [3.8, 4) is 6.07 Å². The number of benzene rings is 1. The molecule has 1 aromatic carbocycles. The largest absolute Gasteiger partial charge is 0.334 e. The zero-order valence-electron chi connectivity index (χ0n) is 12.9. The van der Waals surface area contributed by atoms with E-state index in [1.165, 1.54) is 25.3 Å². The first-order chi connectivity index (χ1) is 10.9. The Hall–Kier alpha value is -2.17.